The fraction of sp³-hybridized carbons (Fsp3) is 0.788. The summed E-state index contributed by atoms with van der Waals surface area (Å²) in [5, 5.41) is 0. The van der Waals surface area contributed by atoms with Crippen molar-refractivity contribution in [3.05, 3.63) is 35.4 Å². The molecule has 2 aliphatic carbocycles. The van der Waals surface area contributed by atoms with E-state index < -0.39 is 5.60 Å². The zero-order chi connectivity index (χ0) is 26.9. The topological polar surface area (TPSA) is 36.0 Å². The van der Waals surface area contributed by atoms with Gasteiger partial charge in [-0.05, 0) is 87.7 Å². The number of carbonyl (C=O) groups excluding carboxylic acids is 1. The third-order valence-electron chi connectivity index (χ3n) is 10.0. The van der Waals surface area contributed by atoms with Crippen LogP contribution >= 0.6 is 0 Å². The van der Waals surface area contributed by atoms with Crippen LogP contribution in [0.5, 0.6) is 0 Å². The van der Waals surface area contributed by atoms with Crippen molar-refractivity contribution in [2.24, 2.45) is 11.3 Å². The second kappa shape index (κ2) is 11.5. The molecule has 1 aromatic carbocycles. The maximum atomic E-state index is 12.6. The molecule has 0 aromatic heterocycles. The first kappa shape index (κ1) is 28.0. The number of piperidine rings is 1. The third kappa shape index (κ3) is 6.41. The molecular weight excluding hydrogens is 470 g/mol. The average molecular weight is 524 g/mol. The van der Waals surface area contributed by atoms with Crippen LogP contribution in [-0.2, 0) is 4.74 Å². The highest BCUT2D eigenvalue weighted by atomic mass is 16.6. The largest absolute Gasteiger partial charge is 0.444 e. The van der Waals surface area contributed by atoms with E-state index in [2.05, 4.69) is 47.9 Å². The fourth-order valence-corrected chi connectivity index (χ4v) is 7.88. The quantitative estimate of drug-likeness (QED) is 0.408. The Morgan fingerprint density at radius 1 is 1.00 bits per heavy atom. The smallest absolute Gasteiger partial charge is 0.410 e. The van der Waals surface area contributed by atoms with Gasteiger partial charge >= 0.3 is 6.09 Å². The highest BCUT2D eigenvalue weighted by Crippen LogP contribution is 2.53. The SMILES string of the molecule is CC(C)c1ccccc1C1CN(CC2CCCCC2)CCN1C1CC2(CCN(C(=O)OC(C)(C)C)CC2)C1. The highest BCUT2D eigenvalue weighted by molar-refractivity contribution is 5.68. The molecule has 2 saturated carbocycles. The van der Waals surface area contributed by atoms with E-state index in [1.54, 1.807) is 5.56 Å². The minimum absolute atomic E-state index is 0.136. The van der Waals surface area contributed by atoms with E-state index in [1.807, 2.05) is 25.7 Å². The van der Waals surface area contributed by atoms with Crippen molar-refractivity contribution < 1.29 is 9.53 Å². The number of carbonyl (C=O) groups is 1. The molecule has 1 unspecified atom stereocenters. The van der Waals surface area contributed by atoms with Crippen LogP contribution < -0.4 is 0 Å². The molecule has 38 heavy (non-hydrogen) atoms. The van der Waals surface area contributed by atoms with Crippen LogP contribution in [-0.4, -0.2) is 71.7 Å². The molecule has 2 saturated heterocycles. The van der Waals surface area contributed by atoms with E-state index in [0.717, 1.165) is 31.8 Å². The summed E-state index contributed by atoms with van der Waals surface area (Å²) in [6.07, 6.45) is 11.8. The Bertz CT molecular complexity index is 932. The number of amides is 1. The molecule has 5 nitrogen and oxygen atoms in total. The first-order chi connectivity index (χ1) is 18.1. The molecule has 1 spiro atoms. The molecule has 0 bridgehead atoms. The van der Waals surface area contributed by atoms with Crippen LogP contribution in [0.25, 0.3) is 0 Å². The summed E-state index contributed by atoms with van der Waals surface area (Å²) in [6.45, 7) is 17.1. The molecule has 1 atom stereocenters. The predicted octanol–water partition coefficient (Wildman–Crippen LogP) is 7.23. The molecule has 4 aliphatic rings. The van der Waals surface area contributed by atoms with Crippen LogP contribution in [0.1, 0.15) is 115 Å². The second-order valence-corrected chi connectivity index (χ2v) is 14.3. The number of rotatable bonds is 5. The molecule has 212 valence electrons. The summed E-state index contributed by atoms with van der Waals surface area (Å²) in [7, 11) is 0. The van der Waals surface area contributed by atoms with E-state index in [1.165, 1.54) is 76.7 Å². The van der Waals surface area contributed by atoms with Gasteiger partial charge in [0, 0.05) is 51.4 Å². The summed E-state index contributed by atoms with van der Waals surface area (Å²) in [5.41, 5.74) is 3.09. The third-order valence-corrected chi connectivity index (χ3v) is 10.0. The number of benzene rings is 1. The lowest BCUT2D eigenvalue weighted by atomic mass is 9.59. The van der Waals surface area contributed by atoms with Crippen LogP contribution in [0.15, 0.2) is 24.3 Å². The Labute approximate surface area is 232 Å². The van der Waals surface area contributed by atoms with Gasteiger partial charge in [-0.25, -0.2) is 4.79 Å². The van der Waals surface area contributed by atoms with Crippen molar-refractivity contribution in [3.63, 3.8) is 0 Å². The lowest BCUT2D eigenvalue weighted by Crippen LogP contribution is -2.60. The lowest BCUT2D eigenvalue weighted by molar-refractivity contribution is -0.0788. The van der Waals surface area contributed by atoms with Gasteiger partial charge in [0.05, 0.1) is 0 Å². The Morgan fingerprint density at radius 3 is 2.34 bits per heavy atom. The number of piperazine rings is 1. The summed E-state index contributed by atoms with van der Waals surface area (Å²) >= 11 is 0. The van der Waals surface area contributed by atoms with Gasteiger partial charge in [-0.1, -0.05) is 57.4 Å². The molecule has 0 N–H and O–H groups in total. The Kier molecular flexibility index (Phi) is 8.45. The van der Waals surface area contributed by atoms with Crippen LogP contribution in [0.2, 0.25) is 0 Å². The van der Waals surface area contributed by atoms with Crippen molar-refractivity contribution in [3.8, 4) is 0 Å². The Balaban J connectivity index is 1.24. The van der Waals surface area contributed by atoms with Crippen molar-refractivity contribution in [2.75, 3.05) is 39.3 Å². The van der Waals surface area contributed by atoms with Crippen molar-refractivity contribution in [1.82, 2.24) is 14.7 Å². The Morgan fingerprint density at radius 2 is 1.68 bits per heavy atom. The van der Waals surface area contributed by atoms with Gasteiger partial charge in [0.1, 0.15) is 5.60 Å². The molecule has 0 radical (unpaired) electrons. The summed E-state index contributed by atoms with van der Waals surface area (Å²) in [4.78, 5) is 20.2. The molecule has 2 heterocycles. The lowest BCUT2D eigenvalue weighted by Gasteiger charge is -2.58. The van der Waals surface area contributed by atoms with Crippen molar-refractivity contribution in [2.45, 2.75) is 116 Å². The summed E-state index contributed by atoms with van der Waals surface area (Å²) in [6, 6.07) is 10.4. The molecule has 4 fully saturated rings. The van der Waals surface area contributed by atoms with Gasteiger partial charge in [0.15, 0.2) is 0 Å². The Hall–Kier alpha value is -1.59. The first-order valence-electron chi connectivity index (χ1n) is 15.7. The van der Waals surface area contributed by atoms with Crippen LogP contribution in [0, 0.1) is 11.3 Å². The fourth-order valence-electron chi connectivity index (χ4n) is 7.88. The minimum Gasteiger partial charge on any atom is -0.444 e. The highest BCUT2D eigenvalue weighted by Gasteiger charge is 2.50. The van der Waals surface area contributed by atoms with Gasteiger partial charge in [-0.3, -0.25) is 9.80 Å². The molecule has 1 amide bonds. The predicted molar refractivity (Wildman–Crippen MR) is 155 cm³/mol. The zero-order valence-corrected chi connectivity index (χ0v) is 24.9. The van der Waals surface area contributed by atoms with E-state index in [4.69, 9.17) is 4.74 Å². The first-order valence-corrected chi connectivity index (χ1v) is 15.7. The van der Waals surface area contributed by atoms with Gasteiger partial charge in [-0.2, -0.15) is 0 Å². The number of hydrogen-bond donors (Lipinski definition) is 0. The molecular formula is C33H53N3O2. The van der Waals surface area contributed by atoms with Crippen LogP contribution in [0.3, 0.4) is 0 Å². The van der Waals surface area contributed by atoms with Gasteiger partial charge in [0.2, 0.25) is 0 Å². The number of ether oxygens (including phenoxy) is 1. The standard InChI is InChI=1S/C33H53N3O2/c1-25(2)28-13-9-10-14-29(28)30-24-34(23-26-11-7-6-8-12-26)19-20-36(30)27-21-33(22-27)15-17-35(18-16-33)31(37)38-32(3,4)5/h9-10,13-14,25-27,30H,6-8,11-12,15-24H2,1-5H3. The molecule has 5 heteroatoms. The maximum absolute atomic E-state index is 12.6. The molecule has 1 aromatic rings. The van der Waals surface area contributed by atoms with E-state index >= 15 is 0 Å². The van der Waals surface area contributed by atoms with Gasteiger partial charge in [0.25, 0.3) is 0 Å². The maximum Gasteiger partial charge on any atom is 0.410 e. The molecule has 5 rings (SSSR count). The van der Waals surface area contributed by atoms with E-state index in [0.29, 0.717) is 23.4 Å². The van der Waals surface area contributed by atoms with Crippen molar-refractivity contribution >= 4 is 6.09 Å². The van der Waals surface area contributed by atoms with Crippen molar-refractivity contribution in [1.29, 1.82) is 0 Å². The van der Waals surface area contributed by atoms with Gasteiger partial charge in [-0.15, -0.1) is 0 Å². The minimum atomic E-state index is -0.422. The van der Waals surface area contributed by atoms with Gasteiger partial charge < -0.3 is 9.64 Å². The number of likely N-dealkylation sites (tertiary alicyclic amines) is 1. The monoisotopic (exact) mass is 523 g/mol. The number of hydrogen-bond acceptors (Lipinski definition) is 4. The summed E-state index contributed by atoms with van der Waals surface area (Å²) in [5.74, 6) is 1.45. The second-order valence-electron chi connectivity index (χ2n) is 14.3. The van der Waals surface area contributed by atoms with E-state index in [9.17, 15) is 4.79 Å². The molecule has 2 aliphatic heterocycles. The zero-order valence-electron chi connectivity index (χ0n) is 24.9. The number of nitrogens with zero attached hydrogens (tertiary/aromatic N) is 3. The normalized spacial score (nSPS) is 26.1. The van der Waals surface area contributed by atoms with Crippen LogP contribution in [0.4, 0.5) is 4.79 Å². The van der Waals surface area contributed by atoms with E-state index in [-0.39, 0.29) is 6.09 Å². The average Bonchev–Trinajstić information content (AvgIpc) is 2.87. The summed E-state index contributed by atoms with van der Waals surface area (Å²) < 4.78 is 5.65.